The number of alkyl carbamates (subject to hydrolysis) is 1. The van der Waals surface area contributed by atoms with E-state index in [0.717, 1.165) is 21.5 Å². The van der Waals surface area contributed by atoms with Crippen LogP contribution in [0.5, 0.6) is 0 Å². The molecule has 2 amide bonds. The molecule has 178 valence electrons. The van der Waals surface area contributed by atoms with Crippen molar-refractivity contribution in [1.29, 1.82) is 0 Å². The average Bonchev–Trinajstić information content (AvgIpc) is 3.27. The summed E-state index contributed by atoms with van der Waals surface area (Å²) in [7, 11) is 0. The number of carbonyl (C=O) groups is 2. The Labute approximate surface area is 198 Å². The number of pyridine rings is 1. The molecule has 3 aromatic heterocycles. The van der Waals surface area contributed by atoms with E-state index in [0.29, 0.717) is 30.7 Å². The summed E-state index contributed by atoms with van der Waals surface area (Å²) in [6, 6.07) is 4.07. The summed E-state index contributed by atoms with van der Waals surface area (Å²) >= 11 is 1.71. The Bertz CT molecular complexity index is 1160. The summed E-state index contributed by atoms with van der Waals surface area (Å²) in [5, 5.41) is 10.9. The number of aromatic nitrogens is 3. The van der Waals surface area contributed by atoms with E-state index in [1.165, 1.54) is 4.88 Å². The molecule has 0 fully saturated rings. The van der Waals surface area contributed by atoms with Crippen LogP contribution in [0.4, 0.5) is 4.79 Å². The smallest absolute Gasteiger partial charge is 0.407 e. The molecule has 33 heavy (non-hydrogen) atoms. The van der Waals surface area contributed by atoms with Gasteiger partial charge >= 0.3 is 6.09 Å². The van der Waals surface area contributed by atoms with Crippen LogP contribution < -0.4 is 10.6 Å². The van der Waals surface area contributed by atoms with Crippen LogP contribution in [0.15, 0.2) is 18.3 Å². The Morgan fingerprint density at radius 1 is 1.15 bits per heavy atom. The van der Waals surface area contributed by atoms with Crippen LogP contribution >= 0.6 is 11.3 Å². The Hall–Kier alpha value is -2.94. The first-order valence-electron chi connectivity index (χ1n) is 11.2. The zero-order valence-corrected chi connectivity index (χ0v) is 21.2. The van der Waals surface area contributed by atoms with Gasteiger partial charge in [-0.15, -0.1) is 11.3 Å². The van der Waals surface area contributed by atoms with Crippen LogP contribution in [0.3, 0.4) is 0 Å². The summed E-state index contributed by atoms with van der Waals surface area (Å²) in [6.07, 6.45) is 1.83. The maximum absolute atomic E-state index is 13.1. The van der Waals surface area contributed by atoms with Gasteiger partial charge in [-0.2, -0.15) is 5.10 Å². The third-order valence-corrected chi connectivity index (χ3v) is 5.89. The minimum Gasteiger partial charge on any atom is -0.444 e. The molecule has 9 heteroatoms. The van der Waals surface area contributed by atoms with Gasteiger partial charge in [0.2, 0.25) is 0 Å². The van der Waals surface area contributed by atoms with Gasteiger partial charge in [0.05, 0.1) is 22.8 Å². The molecule has 0 radical (unpaired) electrons. The van der Waals surface area contributed by atoms with Crippen LogP contribution in [0.2, 0.25) is 0 Å². The van der Waals surface area contributed by atoms with Crippen LogP contribution in [0.25, 0.3) is 22.3 Å². The van der Waals surface area contributed by atoms with Crippen molar-refractivity contribution >= 4 is 34.4 Å². The Morgan fingerprint density at radius 2 is 1.85 bits per heavy atom. The maximum atomic E-state index is 13.1. The van der Waals surface area contributed by atoms with E-state index in [-0.39, 0.29) is 11.9 Å². The van der Waals surface area contributed by atoms with Crippen molar-refractivity contribution in [3.63, 3.8) is 0 Å². The number of ether oxygens (including phenoxy) is 1. The summed E-state index contributed by atoms with van der Waals surface area (Å²) in [6.45, 7) is 14.5. The van der Waals surface area contributed by atoms with Gasteiger partial charge in [-0.3, -0.25) is 4.79 Å². The maximum Gasteiger partial charge on any atom is 0.407 e. The molecule has 0 spiro atoms. The SMILES string of the molecule is Cc1cc(-c2cc(C(=O)NCCCNC(=O)OC(C)(C)C)c3cnn(C(C)C)c3n2)c(C)s1. The van der Waals surface area contributed by atoms with Gasteiger partial charge in [-0.05, 0) is 67.0 Å². The molecule has 3 rings (SSSR count). The van der Waals surface area contributed by atoms with Gasteiger partial charge < -0.3 is 15.4 Å². The van der Waals surface area contributed by atoms with Crippen LogP contribution in [0.1, 0.15) is 67.2 Å². The molecule has 3 aromatic rings. The van der Waals surface area contributed by atoms with Crippen LogP contribution in [-0.2, 0) is 4.74 Å². The highest BCUT2D eigenvalue weighted by Gasteiger charge is 2.20. The van der Waals surface area contributed by atoms with Gasteiger partial charge in [0.1, 0.15) is 5.60 Å². The second kappa shape index (κ2) is 9.91. The molecule has 0 aliphatic rings. The number of rotatable bonds is 7. The number of thiophene rings is 1. The zero-order valence-electron chi connectivity index (χ0n) is 20.4. The third kappa shape index (κ3) is 6.10. The number of hydrogen-bond acceptors (Lipinski definition) is 6. The molecule has 0 aliphatic heterocycles. The monoisotopic (exact) mass is 471 g/mol. The fourth-order valence-electron chi connectivity index (χ4n) is 3.50. The molecule has 0 saturated carbocycles. The predicted octanol–water partition coefficient (Wildman–Crippen LogP) is 5.00. The first-order chi connectivity index (χ1) is 15.5. The summed E-state index contributed by atoms with van der Waals surface area (Å²) in [4.78, 5) is 32.1. The predicted molar refractivity (Wildman–Crippen MR) is 132 cm³/mol. The number of aryl methyl sites for hydroxylation is 2. The summed E-state index contributed by atoms with van der Waals surface area (Å²) in [5.41, 5.74) is 2.51. The lowest BCUT2D eigenvalue weighted by Crippen LogP contribution is -2.34. The number of amides is 2. The number of fused-ring (bicyclic) bond motifs is 1. The van der Waals surface area contributed by atoms with E-state index in [9.17, 15) is 9.59 Å². The second-order valence-corrected chi connectivity index (χ2v) is 10.8. The van der Waals surface area contributed by atoms with Crippen molar-refractivity contribution in [1.82, 2.24) is 25.4 Å². The zero-order chi connectivity index (χ0) is 24.3. The van der Waals surface area contributed by atoms with Crippen molar-refractivity contribution in [2.45, 2.75) is 66.5 Å². The molecule has 0 saturated heterocycles. The molecule has 2 N–H and O–H groups in total. The van der Waals surface area contributed by atoms with E-state index in [2.05, 4.69) is 35.6 Å². The molecular weight excluding hydrogens is 438 g/mol. The van der Waals surface area contributed by atoms with Gasteiger partial charge in [-0.25, -0.2) is 14.5 Å². The van der Waals surface area contributed by atoms with Crippen molar-refractivity contribution in [3.8, 4) is 11.3 Å². The molecule has 0 atom stereocenters. The van der Waals surface area contributed by atoms with E-state index in [4.69, 9.17) is 9.72 Å². The minimum absolute atomic E-state index is 0.116. The highest BCUT2D eigenvalue weighted by Crippen LogP contribution is 2.32. The number of nitrogens with one attached hydrogen (secondary N) is 2. The fourth-order valence-corrected chi connectivity index (χ4v) is 4.43. The van der Waals surface area contributed by atoms with Gasteiger partial charge in [0.15, 0.2) is 5.65 Å². The van der Waals surface area contributed by atoms with E-state index >= 15 is 0 Å². The van der Waals surface area contributed by atoms with Crippen molar-refractivity contribution in [2.75, 3.05) is 13.1 Å². The van der Waals surface area contributed by atoms with Crippen molar-refractivity contribution < 1.29 is 14.3 Å². The number of nitrogens with zero attached hydrogens (tertiary/aromatic N) is 3. The standard InChI is InChI=1S/C24H33N5O3S/c1-14(2)29-21-19(13-27-29)18(12-20(28-21)17-11-15(3)33-16(17)4)22(30)25-9-8-10-26-23(31)32-24(5,6)7/h11-14H,8-10H2,1-7H3,(H,25,30)(H,26,31). The normalized spacial score (nSPS) is 11.8. The van der Waals surface area contributed by atoms with Gasteiger partial charge in [0.25, 0.3) is 5.91 Å². The molecule has 0 bridgehead atoms. The molecule has 8 nitrogen and oxygen atoms in total. The Balaban J connectivity index is 1.77. The topological polar surface area (TPSA) is 98.1 Å². The summed E-state index contributed by atoms with van der Waals surface area (Å²) < 4.78 is 7.06. The lowest BCUT2D eigenvalue weighted by Gasteiger charge is -2.19. The Kier molecular flexibility index (Phi) is 7.41. The molecule has 3 heterocycles. The lowest BCUT2D eigenvalue weighted by molar-refractivity contribution is 0.0527. The fraction of sp³-hybridized carbons (Fsp3) is 0.500. The first-order valence-corrected chi connectivity index (χ1v) is 12.0. The minimum atomic E-state index is -0.539. The molecule has 0 unspecified atom stereocenters. The second-order valence-electron chi connectivity index (χ2n) is 9.34. The first kappa shape index (κ1) is 24.7. The summed E-state index contributed by atoms with van der Waals surface area (Å²) in [5.74, 6) is -0.186. The molecule has 0 aliphatic carbocycles. The van der Waals surface area contributed by atoms with Crippen molar-refractivity contribution in [3.05, 3.63) is 33.6 Å². The Morgan fingerprint density at radius 3 is 2.45 bits per heavy atom. The van der Waals surface area contributed by atoms with Crippen molar-refractivity contribution in [2.24, 2.45) is 0 Å². The van der Waals surface area contributed by atoms with Gasteiger partial charge in [0, 0.05) is 34.4 Å². The third-order valence-electron chi connectivity index (χ3n) is 4.92. The van der Waals surface area contributed by atoms with E-state index in [1.54, 1.807) is 17.5 Å². The molecular formula is C24H33N5O3S. The number of carbonyl (C=O) groups excluding carboxylic acids is 2. The van der Waals surface area contributed by atoms with Crippen LogP contribution in [-0.4, -0.2) is 45.5 Å². The van der Waals surface area contributed by atoms with E-state index < -0.39 is 11.7 Å². The van der Waals surface area contributed by atoms with E-state index in [1.807, 2.05) is 45.4 Å². The number of hydrogen-bond donors (Lipinski definition) is 2. The lowest BCUT2D eigenvalue weighted by atomic mass is 10.1. The van der Waals surface area contributed by atoms with Crippen LogP contribution in [0, 0.1) is 13.8 Å². The quantitative estimate of drug-likeness (QED) is 0.473. The largest absolute Gasteiger partial charge is 0.444 e. The van der Waals surface area contributed by atoms with Gasteiger partial charge in [-0.1, -0.05) is 0 Å². The molecule has 0 aromatic carbocycles. The average molecular weight is 472 g/mol. The highest BCUT2D eigenvalue weighted by molar-refractivity contribution is 7.12. The highest BCUT2D eigenvalue weighted by atomic mass is 32.1.